The summed E-state index contributed by atoms with van der Waals surface area (Å²) in [5.41, 5.74) is 13.2. The monoisotopic (exact) mass is 775 g/mol. The molecule has 1 aliphatic heterocycles. The molecule has 0 saturated heterocycles. The van der Waals surface area contributed by atoms with Gasteiger partial charge < -0.3 is 0 Å². The Kier molecular flexibility index (Phi) is 8.48. The van der Waals surface area contributed by atoms with E-state index in [0.717, 1.165) is 94.1 Å². The van der Waals surface area contributed by atoms with Gasteiger partial charge in [0, 0.05) is 0 Å². The zero-order chi connectivity index (χ0) is 39.3. The average molecular weight is 776 g/mol. The third-order valence-electron chi connectivity index (χ3n) is 11.6. The van der Waals surface area contributed by atoms with Crippen LogP contribution in [0.4, 0.5) is 0 Å². The van der Waals surface area contributed by atoms with E-state index >= 15 is 0 Å². The molecule has 0 atom stereocenters. The van der Waals surface area contributed by atoms with Crippen LogP contribution >= 0.6 is 7.49 Å². The molecule has 0 fully saturated rings. The molecule has 0 bridgehead atoms. The van der Waals surface area contributed by atoms with E-state index < -0.39 is 7.49 Å². The Bertz CT molecular complexity index is 3120. The van der Waals surface area contributed by atoms with Crippen molar-refractivity contribution in [2.24, 2.45) is 0 Å². The second-order valence-electron chi connectivity index (χ2n) is 15.1. The Balaban J connectivity index is 1.16. The summed E-state index contributed by atoms with van der Waals surface area (Å²) >= 11 is 0. The predicted octanol–water partition coefficient (Wildman–Crippen LogP) is 11.7. The summed E-state index contributed by atoms with van der Waals surface area (Å²) in [7, 11) is -3.62. The Labute approximate surface area is 343 Å². The molecular formula is C54H38N3OP. The Hall–Kier alpha value is -7.23. The molecule has 8 aromatic carbocycles. The van der Waals surface area contributed by atoms with Gasteiger partial charge in [-0.15, -0.1) is 0 Å². The third-order valence-corrected chi connectivity index (χ3v) is 15.2. The molecule has 59 heavy (non-hydrogen) atoms. The minimum absolute atomic E-state index is 0.653. The number of fused-ring (bicyclic) bond motifs is 7. The molecule has 0 radical (unpaired) electrons. The molecule has 5 heteroatoms. The van der Waals surface area contributed by atoms with Crippen LogP contribution < -0.4 is 15.9 Å². The van der Waals surface area contributed by atoms with Gasteiger partial charge >= 0.3 is 309 Å². The molecule has 2 aromatic heterocycles. The van der Waals surface area contributed by atoms with E-state index in [-0.39, 0.29) is 0 Å². The van der Waals surface area contributed by atoms with Gasteiger partial charge in [-0.25, -0.2) is 0 Å². The number of nitrogens with zero attached hydrogens (tertiary/aromatic N) is 3. The summed E-state index contributed by atoms with van der Waals surface area (Å²) < 4.78 is 2.38. The fourth-order valence-corrected chi connectivity index (χ4v) is 12.4. The van der Waals surface area contributed by atoms with Gasteiger partial charge in [-0.05, 0) is 0 Å². The summed E-state index contributed by atoms with van der Waals surface area (Å²) in [6.45, 7) is 0. The van der Waals surface area contributed by atoms with Gasteiger partial charge in [0.25, 0.3) is 0 Å². The zero-order valence-electron chi connectivity index (χ0n) is 32.1. The van der Waals surface area contributed by atoms with E-state index in [1.165, 1.54) is 0 Å². The average Bonchev–Trinajstić information content (AvgIpc) is 3.63. The normalized spacial score (nSPS) is 13.2. The van der Waals surface area contributed by atoms with Crippen LogP contribution in [0.1, 0.15) is 0 Å². The van der Waals surface area contributed by atoms with Crippen molar-refractivity contribution in [1.29, 1.82) is 0 Å². The third kappa shape index (κ3) is 5.84. The SMILES string of the molecule is O[PH]1(c2cccc(-c3ccccc3)c2)c2ccccc2-c2c(n(-c3cccc(-c4nc(-c5ccccc5)cc(-c5ccccc5)n4)c3)c3ccccc23)-c2ccccc21. The van der Waals surface area contributed by atoms with Crippen molar-refractivity contribution in [1.82, 2.24) is 14.5 Å². The number of para-hydroxylation sites is 1. The first kappa shape index (κ1) is 35.0. The molecule has 1 aliphatic rings. The first-order valence-corrected chi connectivity index (χ1v) is 21.9. The van der Waals surface area contributed by atoms with Crippen molar-refractivity contribution in [3.8, 4) is 73.1 Å². The maximum absolute atomic E-state index is 13.8. The van der Waals surface area contributed by atoms with Gasteiger partial charge in [-0.2, -0.15) is 0 Å². The Morgan fingerprint density at radius 1 is 0.407 bits per heavy atom. The Morgan fingerprint density at radius 3 is 1.63 bits per heavy atom. The molecule has 4 nitrogen and oxygen atoms in total. The second kappa shape index (κ2) is 14.3. The molecule has 0 aliphatic carbocycles. The van der Waals surface area contributed by atoms with E-state index in [9.17, 15) is 4.89 Å². The molecule has 0 spiro atoms. The molecule has 0 saturated carbocycles. The van der Waals surface area contributed by atoms with E-state index in [4.69, 9.17) is 9.97 Å². The molecule has 280 valence electrons. The van der Waals surface area contributed by atoms with Gasteiger partial charge in [-0.1, -0.05) is 36.4 Å². The van der Waals surface area contributed by atoms with E-state index in [1.807, 2.05) is 42.5 Å². The van der Waals surface area contributed by atoms with E-state index in [0.29, 0.717) is 5.82 Å². The van der Waals surface area contributed by atoms with Crippen LogP contribution in [0.15, 0.2) is 218 Å². The Morgan fingerprint density at radius 2 is 0.932 bits per heavy atom. The number of benzene rings is 8. The van der Waals surface area contributed by atoms with Gasteiger partial charge in [0.2, 0.25) is 0 Å². The first-order chi connectivity index (χ1) is 29.1. The van der Waals surface area contributed by atoms with Crippen LogP contribution in [0.25, 0.3) is 84.0 Å². The molecule has 3 heterocycles. The minimum atomic E-state index is -3.62. The van der Waals surface area contributed by atoms with Gasteiger partial charge in [0.1, 0.15) is 0 Å². The molecule has 1 N–H and O–H groups in total. The molecule has 0 unspecified atom stereocenters. The van der Waals surface area contributed by atoms with Crippen molar-refractivity contribution >= 4 is 34.3 Å². The van der Waals surface area contributed by atoms with Gasteiger partial charge in [-0.3, -0.25) is 0 Å². The fourth-order valence-electron chi connectivity index (χ4n) is 8.94. The summed E-state index contributed by atoms with van der Waals surface area (Å²) in [5.74, 6) is 0.653. The van der Waals surface area contributed by atoms with Gasteiger partial charge in [0.05, 0.1) is 0 Å². The van der Waals surface area contributed by atoms with Crippen LogP contribution in [0.3, 0.4) is 0 Å². The number of hydrogen-bond acceptors (Lipinski definition) is 3. The van der Waals surface area contributed by atoms with Crippen LogP contribution in [-0.2, 0) is 0 Å². The van der Waals surface area contributed by atoms with Crippen LogP contribution in [0.2, 0.25) is 0 Å². The fraction of sp³-hybridized carbons (Fsp3) is 0. The molecule has 10 aromatic rings. The van der Waals surface area contributed by atoms with Crippen molar-refractivity contribution in [3.63, 3.8) is 0 Å². The zero-order valence-corrected chi connectivity index (χ0v) is 33.1. The van der Waals surface area contributed by atoms with E-state index in [1.54, 1.807) is 0 Å². The van der Waals surface area contributed by atoms with E-state index in [2.05, 4.69) is 180 Å². The predicted molar refractivity (Wildman–Crippen MR) is 247 cm³/mol. The quantitative estimate of drug-likeness (QED) is 0.171. The number of hydrogen-bond donors (Lipinski definition) is 1. The maximum atomic E-state index is 13.8. The number of rotatable bonds is 6. The molecule has 0 amide bonds. The second-order valence-corrected chi connectivity index (χ2v) is 18.1. The van der Waals surface area contributed by atoms with Crippen molar-refractivity contribution in [3.05, 3.63) is 218 Å². The first-order valence-electron chi connectivity index (χ1n) is 20.0. The summed E-state index contributed by atoms with van der Waals surface area (Å²) in [4.78, 5) is 24.1. The summed E-state index contributed by atoms with van der Waals surface area (Å²) in [5, 5.41) is 4.02. The van der Waals surface area contributed by atoms with Crippen molar-refractivity contribution in [2.45, 2.75) is 0 Å². The van der Waals surface area contributed by atoms with Crippen LogP contribution in [0, 0.1) is 0 Å². The summed E-state index contributed by atoms with van der Waals surface area (Å²) in [6, 6.07) is 75.9. The van der Waals surface area contributed by atoms with Gasteiger partial charge in [0.15, 0.2) is 0 Å². The van der Waals surface area contributed by atoms with Crippen molar-refractivity contribution < 1.29 is 4.89 Å². The summed E-state index contributed by atoms with van der Waals surface area (Å²) in [6.07, 6.45) is 0. The molecule has 11 rings (SSSR count). The van der Waals surface area contributed by atoms with Crippen LogP contribution in [-0.4, -0.2) is 19.4 Å². The van der Waals surface area contributed by atoms with Crippen molar-refractivity contribution in [2.75, 3.05) is 0 Å². The standard InChI is InChI=1S/C54H38N3OP/c58-59(43-27-17-24-40(35-43)37-18-4-1-5-19-37)50-32-14-11-29-45(50)52-44-28-10-13-31-49(44)57(53(52)46-30-12-15-33-51(46)59)42-26-16-25-41(34-42)54-55-47(38-20-6-2-7-21-38)36-48(56-54)39-22-8-3-9-23-39/h1-36,58-59H. The topological polar surface area (TPSA) is 50.9 Å². The molecular weight excluding hydrogens is 738 g/mol. The van der Waals surface area contributed by atoms with Crippen LogP contribution in [0.5, 0.6) is 0 Å². The number of aromatic nitrogens is 3.